The van der Waals surface area contributed by atoms with Crippen LogP contribution in [0.2, 0.25) is 0 Å². The fourth-order valence-electron chi connectivity index (χ4n) is 3.57. The molecule has 7 heteroatoms. The van der Waals surface area contributed by atoms with E-state index in [0.29, 0.717) is 35.8 Å². The molecule has 0 radical (unpaired) electrons. The number of anilines is 2. The minimum Gasteiger partial charge on any atom is -0.455 e. The molecule has 7 nitrogen and oxygen atoms in total. The van der Waals surface area contributed by atoms with E-state index in [1.165, 1.54) is 0 Å². The van der Waals surface area contributed by atoms with Crippen LogP contribution in [-0.4, -0.2) is 30.9 Å². The zero-order valence-corrected chi connectivity index (χ0v) is 18.2. The van der Waals surface area contributed by atoms with Gasteiger partial charge in [0.2, 0.25) is 5.91 Å². The second-order valence-electron chi connectivity index (χ2n) is 7.70. The summed E-state index contributed by atoms with van der Waals surface area (Å²) in [4.78, 5) is 38.8. The molecule has 0 atom stereocenters. The number of para-hydroxylation sites is 3. The van der Waals surface area contributed by atoms with Gasteiger partial charge in [-0.1, -0.05) is 42.0 Å². The molecule has 1 aliphatic rings. The van der Waals surface area contributed by atoms with E-state index >= 15 is 0 Å². The number of aryl methyl sites for hydroxylation is 1. The summed E-state index contributed by atoms with van der Waals surface area (Å²) in [6, 6.07) is 21.3. The number of amides is 2. The number of hydrogen-bond acceptors (Lipinski definition) is 5. The van der Waals surface area contributed by atoms with Gasteiger partial charge in [-0.2, -0.15) is 0 Å². The van der Waals surface area contributed by atoms with E-state index < -0.39 is 18.5 Å². The van der Waals surface area contributed by atoms with Crippen molar-refractivity contribution in [3.63, 3.8) is 0 Å². The highest BCUT2D eigenvalue weighted by atomic mass is 16.5. The average Bonchev–Trinajstić information content (AvgIpc) is 3.26. The molecular formula is C26H24N2O5. The fourth-order valence-corrected chi connectivity index (χ4v) is 3.57. The van der Waals surface area contributed by atoms with Crippen molar-refractivity contribution in [1.82, 2.24) is 0 Å². The maximum atomic E-state index is 12.7. The lowest BCUT2D eigenvalue weighted by atomic mass is 10.1. The molecule has 168 valence electrons. The molecule has 0 aromatic heterocycles. The van der Waals surface area contributed by atoms with Crippen molar-refractivity contribution >= 4 is 29.2 Å². The number of nitrogens with zero attached hydrogens (tertiary/aromatic N) is 1. The van der Waals surface area contributed by atoms with Crippen LogP contribution in [0.1, 0.15) is 28.8 Å². The summed E-state index contributed by atoms with van der Waals surface area (Å²) < 4.78 is 11.1. The highest BCUT2D eigenvalue weighted by Crippen LogP contribution is 2.29. The molecule has 1 N–H and O–H groups in total. The number of ether oxygens (including phenoxy) is 2. The van der Waals surface area contributed by atoms with Gasteiger partial charge in [0.1, 0.15) is 5.75 Å². The fraction of sp³-hybridized carbons (Fsp3) is 0.192. The molecule has 0 aliphatic carbocycles. The van der Waals surface area contributed by atoms with Crippen molar-refractivity contribution in [3.05, 3.63) is 83.9 Å². The summed E-state index contributed by atoms with van der Waals surface area (Å²) in [6.45, 7) is 2.07. The highest BCUT2D eigenvalue weighted by Gasteiger charge is 2.26. The van der Waals surface area contributed by atoms with Crippen LogP contribution in [0.15, 0.2) is 72.8 Å². The Morgan fingerprint density at radius 3 is 2.45 bits per heavy atom. The first-order valence-electron chi connectivity index (χ1n) is 10.7. The molecule has 3 aromatic rings. The Labute approximate surface area is 191 Å². The molecular weight excluding hydrogens is 420 g/mol. The van der Waals surface area contributed by atoms with E-state index in [-0.39, 0.29) is 11.5 Å². The number of rotatable bonds is 7. The molecule has 4 rings (SSSR count). The van der Waals surface area contributed by atoms with Crippen LogP contribution < -0.4 is 15.0 Å². The summed E-state index contributed by atoms with van der Waals surface area (Å²) >= 11 is 0. The summed E-state index contributed by atoms with van der Waals surface area (Å²) in [6.07, 6.45) is 1.20. The van der Waals surface area contributed by atoms with Crippen molar-refractivity contribution < 1.29 is 23.9 Å². The third kappa shape index (κ3) is 5.38. The number of carbonyl (C=O) groups is 3. The minimum atomic E-state index is -0.662. The zero-order chi connectivity index (χ0) is 23.2. The van der Waals surface area contributed by atoms with Crippen LogP contribution in [-0.2, 0) is 14.3 Å². The van der Waals surface area contributed by atoms with Gasteiger partial charge < -0.3 is 19.7 Å². The molecule has 0 saturated carbocycles. The maximum Gasteiger partial charge on any atom is 0.340 e. The number of benzene rings is 3. The Morgan fingerprint density at radius 2 is 1.70 bits per heavy atom. The van der Waals surface area contributed by atoms with E-state index in [4.69, 9.17) is 9.47 Å². The summed E-state index contributed by atoms with van der Waals surface area (Å²) in [5.41, 5.74) is 2.33. The molecule has 1 heterocycles. The van der Waals surface area contributed by atoms with E-state index in [0.717, 1.165) is 12.0 Å². The third-order valence-corrected chi connectivity index (χ3v) is 5.23. The zero-order valence-electron chi connectivity index (χ0n) is 18.2. The van der Waals surface area contributed by atoms with Gasteiger partial charge in [0, 0.05) is 13.0 Å². The molecule has 0 spiro atoms. The van der Waals surface area contributed by atoms with E-state index in [1.807, 2.05) is 31.2 Å². The first-order valence-corrected chi connectivity index (χ1v) is 10.7. The average molecular weight is 444 g/mol. The summed E-state index contributed by atoms with van der Waals surface area (Å²) in [5.74, 6) is -0.0819. The highest BCUT2D eigenvalue weighted by molar-refractivity contribution is 6.04. The van der Waals surface area contributed by atoms with E-state index in [9.17, 15) is 14.4 Å². The standard InChI is InChI=1S/C26H24N2O5/c1-18-12-14-19(15-13-18)33-23-10-5-3-8-21(23)27-24(29)17-32-26(31)20-7-2-4-9-22(20)28-16-6-11-25(28)30/h2-5,7-10,12-15H,6,11,16-17H2,1H3,(H,27,29). The van der Waals surface area contributed by atoms with Gasteiger partial charge in [-0.25, -0.2) is 4.79 Å². The van der Waals surface area contributed by atoms with Gasteiger partial charge in [0.25, 0.3) is 5.91 Å². The molecule has 0 bridgehead atoms. The van der Waals surface area contributed by atoms with Gasteiger partial charge in [0.15, 0.2) is 12.4 Å². The van der Waals surface area contributed by atoms with Crippen LogP contribution in [0, 0.1) is 6.92 Å². The lowest BCUT2D eigenvalue weighted by Crippen LogP contribution is -2.27. The van der Waals surface area contributed by atoms with Gasteiger partial charge in [-0.05, 0) is 49.7 Å². The van der Waals surface area contributed by atoms with Crippen molar-refractivity contribution in [1.29, 1.82) is 0 Å². The van der Waals surface area contributed by atoms with E-state index in [2.05, 4.69) is 5.32 Å². The number of nitrogens with one attached hydrogen (secondary N) is 1. The first kappa shape index (κ1) is 22.1. The number of hydrogen-bond donors (Lipinski definition) is 1. The minimum absolute atomic E-state index is 0.0295. The molecule has 33 heavy (non-hydrogen) atoms. The van der Waals surface area contributed by atoms with Crippen molar-refractivity contribution in [2.24, 2.45) is 0 Å². The number of esters is 1. The second-order valence-corrected chi connectivity index (χ2v) is 7.70. The Morgan fingerprint density at radius 1 is 0.970 bits per heavy atom. The summed E-state index contributed by atoms with van der Waals surface area (Å²) in [5, 5.41) is 2.72. The summed E-state index contributed by atoms with van der Waals surface area (Å²) in [7, 11) is 0. The second kappa shape index (κ2) is 9.99. The third-order valence-electron chi connectivity index (χ3n) is 5.23. The molecule has 1 saturated heterocycles. The first-order chi connectivity index (χ1) is 16.0. The molecule has 1 fully saturated rings. The van der Waals surface area contributed by atoms with Crippen LogP contribution in [0.3, 0.4) is 0 Å². The molecule has 3 aromatic carbocycles. The normalized spacial score (nSPS) is 13.0. The Balaban J connectivity index is 1.39. The Kier molecular flexibility index (Phi) is 6.69. The van der Waals surface area contributed by atoms with Gasteiger partial charge in [-0.15, -0.1) is 0 Å². The van der Waals surface area contributed by atoms with E-state index in [1.54, 1.807) is 53.4 Å². The monoisotopic (exact) mass is 444 g/mol. The van der Waals surface area contributed by atoms with Crippen molar-refractivity contribution in [3.8, 4) is 11.5 Å². The van der Waals surface area contributed by atoms with Gasteiger partial charge in [0.05, 0.1) is 16.9 Å². The van der Waals surface area contributed by atoms with Crippen molar-refractivity contribution in [2.45, 2.75) is 19.8 Å². The smallest absolute Gasteiger partial charge is 0.340 e. The quantitative estimate of drug-likeness (QED) is 0.534. The lowest BCUT2D eigenvalue weighted by Gasteiger charge is -2.19. The number of carbonyl (C=O) groups excluding carboxylic acids is 3. The maximum absolute atomic E-state index is 12.7. The predicted molar refractivity (Wildman–Crippen MR) is 125 cm³/mol. The van der Waals surface area contributed by atoms with Crippen LogP contribution >= 0.6 is 0 Å². The van der Waals surface area contributed by atoms with Crippen LogP contribution in [0.25, 0.3) is 0 Å². The molecule has 2 amide bonds. The molecule has 0 unspecified atom stereocenters. The van der Waals surface area contributed by atoms with Crippen molar-refractivity contribution in [2.75, 3.05) is 23.4 Å². The largest absolute Gasteiger partial charge is 0.455 e. The Bertz CT molecular complexity index is 1170. The van der Waals surface area contributed by atoms with Crippen LogP contribution in [0.5, 0.6) is 11.5 Å². The van der Waals surface area contributed by atoms with Gasteiger partial charge >= 0.3 is 5.97 Å². The topological polar surface area (TPSA) is 84.9 Å². The molecule has 1 aliphatic heterocycles. The SMILES string of the molecule is Cc1ccc(Oc2ccccc2NC(=O)COC(=O)c2ccccc2N2CCCC2=O)cc1. The Hall–Kier alpha value is -4.13. The van der Waals surface area contributed by atoms with Gasteiger partial charge in [-0.3, -0.25) is 9.59 Å². The predicted octanol–water partition coefficient (Wildman–Crippen LogP) is 4.71. The van der Waals surface area contributed by atoms with Crippen LogP contribution in [0.4, 0.5) is 11.4 Å². The lowest BCUT2D eigenvalue weighted by molar-refractivity contribution is -0.119.